The quantitative estimate of drug-likeness (QED) is 0.885. The van der Waals surface area contributed by atoms with Gasteiger partial charge >= 0.3 is 0 Å². The van der Waals surface area contributed by atoms with Gasteiger partial charge in [0.25, 0.3) is 0 Å². The van der Waals surface area contributed by atoms with Crippen molar-refractivity contribution in [3.05, 3.63) is 17.0 Å². The summed E-state index contributed by atoms with van der Waals surface area (Å²) < 4.78 is 2.11. The second kappa shape index (κ2) is 5.87. The molecular weight excluding hydrogens is 222 g/mol. The maximum Gasteiger partial charge on any atom is 0.0644 e. The lowest BCUT2D eigenvalue weighted by Gasteiger charge is -2.27. The number of aromatic nitrogens is 2. The molecule has 1 aromatic rings. The van der Waals surface area contributed by atoms with Gasteiger partial charge in [0.2, 0.25) is 0 Å². The average molecular weight is 249 g/mol. The normalized spacial score (nSPS) is 19.1. The fourth-order valence-electron chi connectivity index (χ4n) is 3.35. The first-order valence-corrected chi connectivity index (χ1v) is 7.43. The predicted molar refractivity (Wildman–Crippen MR) is 75.8 cm³/mol. The Kier molecular flexibility index (Phi) is 4.44. The number of hydrogen-bond acceptors (Lipinski definition) is 2. The van der Waals surface area contributed by atoms with Crippen LogP contribution in [0.2, 0.25) is 0 Å². The van der Waals surface area contributed by atoms with Crippen molar-refractivity contribution in [1.29, 1.82) is 0 Å². The Hall–Kier alpha value is -0.830. The smallest absolute Gasteiger partial charge is 0.0644 e. The molecule has 1 unspecified atom stereocenters. The molecule has 1 heterocycles. The van der Waals surface area contributed by atoms with E-state index in [9.17, 15) is 0 Å². The van der Waals surface area contributed by atoms with E-state index in [1.165, 1.54) is 49.1 Å². The fraction of sp³-hybridized carbons (Fsp3) is 0.800. The Morgan fingerprint density at radius 3 is 2.50 bits per heavy atom. The van der Waals surface area contributed by atoms with E-state index in [0.29, 0.717) is 12.1 Å². The lowest BCUT2D eigenvalue weighted by molar-refractivity contribution is 0.346. The van der Waals surface area contributed by atoms with Crippen LogP contribution in [0, 0.1) is 13.8 Å². The summed E-state index contributed by atoms with van der Waals surface area (Å²) in [5, 5.41) is 8.42. The van der Waals surface area contributed by atoms with Crippen LogP contribution in [0.4, 0.5) is 0 Å². The molecule has 0 bridgehead atoms. The second-order valence-electron chi connectivity index (χ2n) is 5.62. The van der Waals surface area contributed by atoms with Crippen molar-refractivity contribution in [2.45, 2.75) is 78.4 Å². The van der Waals surface area contributed by atoms with Crippen molar-refractivity contribution in [2.24, 2.45) is 0 Å². The first-order valence-electron chi connectivity index (χ1n) is 7.43. The first kappa shape index (κ1) is 13.6. The minimum absolute atomic E-state index is 0.424. The molecule has 0 amide bonds. The summed E-state index contributed by atoms with van der Waals surface area (Å²) in [5.41, 5.74) is 3.92. The molecule has 0 radical (unpaired) electrons. The SMILES string of the molecule is CCn1nc(C)c(C(C)NC2CCCCC2)c1C. The molecule has 18 heavy (non-hydrogen) atoms. The van der Waals surface area contributed by atoms with Gasteiger partial charge in [0.05, 0.1) is 5.69 Å². The highest BCUT2D eigenvalue weighted by molar-refractivity contribution is 5.27. The van der Waals surface area contributed by atoms with Gasteiger partial charge in [0.1, 0.15) is 0 Å². The summed E-state index contributed by atoms with van der Waals surface area (Å²) in [6.45, 7) is 9.72. The third-order valence-corrected chi connectivity index (χ3v) is 4.26. The van der Waals surface area contributed by atoms with E-state index < -0.39 is 0 Å². The van der Waals surface area contributed by atoms with Gasteiger partial charge in [-0.2, -0.15) is 5.10 Å². The van der Waals surface area contributed by atoms with Gasteiger partial charge in [-0.3, -0.25) is 4.68 Å². The van der Waals surface area contributed by atoms with Gasteiger partial charge in [-0.25, -0.2) is 0 Å². The van der Waals surface area contributed by atoms with Gasteiger partial charge in [0.15, 0.2) is 0 Å². The molecule has 102 valence electrons. The van der Waals surface area contributed by atoms with Gasteiger partial charge in [0, 0.05) is 29.9 Å². The van der Waals surface area contributed by atoms with Crippen LogP contribution in [0.5, 0.6) is 0 Å². The zero-order valence-corrected chi connectivity index (χ0v) is 12.3. The molecule has 1 fully saturated rings. The zero-order valence-electron chi connectivity index (χ0n) is 12.3. The summed E-state index contributed by atoms with van der Waals surface area (Å²) in [6.07, 6.45) is 6.86. The third-order valence-electron chi connectivity index (χ3n) is 4.26. The number of nitrogens with zero attached hydrogens (tertiary/aromatic N) is 2. The molecule has 2 rings (SSSR count). The van der Waals surface area contributed by atoms with E-state index in [0.717, 1.165) is 6.54 Å². The molecule has 1 aliphatic rings. The van der Waals surface area contributed by atoms with Crippen molar-refractivity contribution in [1.82, 2.24) is 15.1 Å². The van der Waals surface area contributed by atoms with E-state index in [-0.39, 0.29) is 0 Å². The molecular formula is C15H27N3. The summed E-state index contributed by atoms with van der Waals surface area (Å²) in [6, 6.07) is 1.13. The Morgan fingerprint density at radius 1 is 1.28 bits per heavy atom. The molecule has 1 aromatic heterocycles. The Morgan fingerprint density at radius 2 is 1.94 bits per heavy atom. The molecule has 1 saturated carbocycles. The van der Waals surface area contributed by atoms with E-state index in [1.807, 2.05) is 0 Å². The molecule has 3 nitrogen and oxygen atoms in total. The molecule has 1 atom stereocenters. The fourth-order valence-corrected chi connectivity index (χ4v) is 3.35. The molecule has 0 aliphatic heterocycles. The topological polar surface area (TPSA) is 29.9 Å². The molecule has 0 spiro atoms. The van der Waals surface area contributed by atoms with Crippen LogP contribution < -0.4 is 5.32 Å². The van der Waals surface area contributed by atoms with Crippen LogP contribution in [-0.2, 0) is 6.54 Å². The Bertz CT molecular complexity index is 389. The standard InChI is InChI=1S/C15H27N3/c1-5-18-13(4)15(12(3)17-18)11(2)16-14-9-7-6-8-10-14/h11,14,16H,5-10H2,1-4H3. The average Bonchev–Trinajstić information content (AvgIpc) is 2.65. The van der Waals surface area contributed by atoms with Crippen molar-refractivity contribution in [3.8, 4) is 0 Å². The summed E-state index contributed by atoms with van der Waals surface area (Å²) in [5.74, 6) is 0. The van der Waals surface area contributed by atoms with Gasteiger partial charge in [-0.1, -0.05) is 19.3 Å². The molecule has 0 aromatic carbocycles. The largest absolute Gasteiger partial charge is 0.307 e. The number of hydrogen-bond donors (Lipinski definition) is 1. The Labute approximate surface area is 111 Å². The van der Waals surface area contributed by atoms with Crippen LogP contribution >= 0.6 is 0 Å². The van der Waals surface area contributed by atoms with Gasteiger partial charge in [-0.05, 0) is 40.5 Å². The van der Waals surface area contributed by atoms with Crippen LogP contribution in [0.25, 0.3) is 0 Å². The maximum absolute atomic E-state index is 4.62. The lowest BCUT2D eigenvalue weighted by atomic mass is 9.94. The van der Waals surface area contributed by atoms with E-state index in [2.05, 4.69) is 42.8 Å². The van der Waals surface area contributed by atoms with Crippen molar-refractivity contribution < 1.29 is 0 Å². The van der Waals surface area contributed by atoms with Crippen molar-refractivity contribution in [3.63, 3.8) is 0 Å². The van der Waals surface area contributed by atoms with E-state index >= 15 is 0 Å². The first-order chi connectivity index (χ1) is 8.63. The maximum atomic E-state index is 4.62. The predicted octanol–water partition coefficient (Wildman–Crippen LogP) is 3.50. The lowest BCUT2D eigenvalue weighted by Crippen LogP contribution is -2.33. The molecule has 0 saturated heterocycles. The molecule has 1 N–H and O–H groups in total. The number of aryl methyl sites for hydroxylation is 2. The minimum atomic E-state index is 0.424. The van der Waals surface area contributed by atoms with Gasteiger partial charge in [-0.15, -0.1) is 0 Å². The highest BCUT2D eigenvalue weighted by atomic mass is 15.3. The summed E-state index contributed by atoms with van der Waals surface area (Å²) >= 11 is 0. The van der Waals surface area contributed by atoms with Gasteiger partial charge < -0.3 is 5.32 Å². The van der Waals surface area contributed by atoms with Crippen LogP contribution in [0.15, 0.2) is 0 Å². The Balaban J connectivity index is 2.07. The number of rotatable bonds is 4. The highest BCUT2D eigenvalue weighted by Gasteiger charge is 2.21. The third kappa shape index (κ3) is 2.77. The number of nitrogens with one attached hydrogen (secondary N) is 1. The van der Waals surface area contributed by atoms with Crippen LogP contribution in [-0.4, -0.2) is 15.8 Å². The molecule has 3 heteroatoms. The van der Waals surface area contributed by atoms with Crippen molar-refractivity contribution in [2.75, 3.05) is 0 Å². The van der Waals surface area contributed by atoms with Crippen molar-refractivity contribution >= 4 is 0 Å². The summed E-state index contributed by atoms with van der Waals surface area (Å²) in [7, 11) is 0. The van der Waals surface area contributed by atoms with Crippen LogP contribution in [0.1, 0.15) is 68.9 Å². The zero-order chi connectivity index (χ0) is 13.1. The van der Waals surface area contributed by atoms with E-state index in [4.69, 9.17) is 0 Å². The second-order valence-corrected chi connectivity index (χ2v) is 5.62. The highest BCUT2D eigenvalue weighted by Crippen LogP contribution is 2.25. The minimum Gasteiger partial charge on any atom is -0.307 e. The van der Waals surface area contributed by atoms with Crippen LogP contribution in [0.3, 0.4) is 0 Å². The summed E-state index contributed by atoms with van der Waals surface area (Å²) in [4.78, 5) is 0. The molecule has 1 aliphatic carbocycles. The monoisotopic (exact) mass is 249 g/mol. The van der Waals surface area contributed by atoms with E-state index in [1.54, 1.807) is 0 Å².